The molecule has 0 spiro atoms. The number of carbonyl (C=O) groups excluding carboxylic acids is 2. The minimum Gasteiger partial charge on any atom is -0.490 e. The average molecular weight is 420 g/mol. The first-order chi connectivity index (χ1) is 13.9. The molecule has 1 heterocycles. The van der Waals surface area contributed by atoms with E-state index >= 15 is 0 Å². The fourth-order valence-electron chi connectivity index (χ4n) is 2.64. The van der Waals surface area contributed by atoms with Gasteiger partial charge in [0.15, 0.2) is 11.5 Å². The van der Waals surface area contributed by atoms with Crippen LogP contribution in [0, 0.1) is 0 Å². The van der Waals surface area contributed by atoms with Gasteiger partial charge in [0.1, 0.15) is 6.54 Å². The van der Waals surface area contributed by atoms with Gasteiger partial charge in [-0.15, -0.1) is 0 Å². The maximum absolute atomic E-state index is 12.5. The number of primary amides is 1. The quantitative estimate of drug-likeness (QED) is 0.636. The molecule has 0 saturated heterocycles. The molecule has 154 valence electrons. The Bertz CT molecular complexity index is 993. The first-order valence-corrected chi connectivity index (χ1v) is 10.3. The molecular formula is C19H20N2O7S. The van der Waals surface area contributed by atoms with Crippen LogP contribution < -0.4 is 19.9 Å². The molecule has 1 aliphatic heterocycles. The number of esters is 1. The van der Waals surface area contributed by atoms with Crippen LogP contribution in [-0.2, 0) is 24.3 Å². The molecule has 2 aromatic rings. The zero-order valence-corrected chi connectivity index (χ0v) is 16.2. The van der Waals surface area contributed by atoms with Gasteiger partial charge in [0.25, 0.3) is 5.91 Å². The molecule has 29 heavy (non-hydrogen) atoms. The molecule has 1 amide bonds. The number of sulfonamides is 1. The summed E-state index contributed by atoms with van der Waals surface area (Å²) in [5, 5.41) is 0. The summed E-state index contributed by atoms with van der Waals surface area (Å²) in [5.41, 5.74) is 5.68. The van der Waals surface area contributed by atoms with Gasteiger partial charge in [0, 0.05) is 18.1 Å². The molecule has 1 atom stereocenters. The molecule has 1 aliphatic rings. The van der Waals surface area contributed by atoms with E-state index < -0.39 is 34.5 Å². The van der Waals surface area contributed by atoms with Gasteiger partial charge in [0.05, 0.1) is 18.1 Å². The van der Waals surface area contributed by atoms with Crippen LogP contribution in [0.25, 0.3) is 0 Å². The van der Waals surface area contributed by atoms with E-state index in [9.17, 15) is 18.0 Å². The second kappa shape index (κ2) is 8.93. The molecule has 3 N–H and O–H groups in total. The summed E-state index contributed by atoms with van der Waals surface area (Å²) in [6.45, 7) is 0.212. The molecule has 0 saturated carbocycles. The number of hydrogen-bond acceptors (Lipinski definition) is 7. The van der Waals surface area contributed by atoms with Crippen molar-refractivity contribution in [1.82, 2.24) is 4.72 Å². The number of amides is 1. The minimum atomic E-state index is -4.02. The Morgan fingerprint density at radius 3 is 2.45 bits per heavy atom. The van der Waals surface area contributed by atoms with Gasteiger partial charge in [-0.1, -0.05) is 30.3 Å². The van der Waals surface area contributed by atoms with Gasteiger partial charge in [-0.25, -0.2) is 8.42 Å². The SMILES string of the molecule is NC(=O)[C@@H](OC(=O)CNS(=O)(=O)c1ccc2c(c1)OCCCO2)c1ccccc1. The van der Waals surface area contributed by atoms with Gasteiger partial charge >= 0.3 is 5.97 Å². The average Bonchev–Trinajstić information content (AvgIpc) is 2.96. The van der Waals surface area contributed by atoms with E-state index in [1.165, 1.54) is 18.2 Å². The Kier molecular flexibility index (Phi) is 6.35. The van der Waals surface area contributed by atoms with E-state index in [1.807, 2.05) is 0 Å². The highest BCUT2D eigenvalue weighted by Crippen LogP contribution is 2.31. The molecule has 0 bridgehead atoms. The van der Waals surface area contributed by atoms with Crippen LogP contribution in [0.15, 0.2) is 53.4 Å². The lowest BCUT2D eigenvalue weighted by molar-refractivity contribution is -0.154. The molecule has 0 fully saturated rings. The minimum absolute atomic E-state index is 0.0935. The lowest BCUT2D eigenvalue weighted by Crippen LogP contribution is -2.34. The highest BCUT2D eigenvalue weighted by molar-refractivity contribution is 7.89. The van der Waals surface area contributed by atoms with Crippen LogP contribution in [0.3, 0.4) is 0 Å². The van der Waals surface area contributed by atoms with E-state index in [0.717, 1.165) is 0 Å². The van der Waals surface area contributed by atoms with E-state index in [4.69, 9.17) is 19.9 Å². The zero-order chi connectivity index (χ0) is 20.9. The first kappa shape index (κ1) is 20.6. The lowest BCUT2D eigenvalue weighted by Gasteiger charge is -2.15. The molecule has 0 radical (unpaired) electrons. The number of nitrogens with one attached hydrogen (secondary N) is 1. The fourth-order valence-corrected chi connectivity index (χ4v) is 3.62. The zero-order valence-electron chi connectivity index (χ0n) is 15.4. The molecule has 9 nitrogen and oxygen atoms in total. The number of ether oxygens (including phenoxy) is 3. The van der Waals surface area contributed by atoms with E-state index in [2.05, 4.69) is 4.72 Å². The summed E-state index contributed by atoms with van der Waals surface area (Å²) in [6, 6.07) is 12.4. The largest absolute Gasteiger partial charge is 0.490 e. The molecule has 10 heteroatoms. The number of fused-ring (bicyclic) bond motifs is 1. The Morgan fingerprint density at radius 2 is 1.76 bits per heavy atom. The number of rotatable bonds is 7. The summed E-state index contributed by atoms with van der Waals surface area (Å²) >= 11 is 0. The van der Waals surface area contributed by atoms with Crippen LogP contribution >= 0.6 is 0 Å². The van der Waals surface area contributed by atoms with Crippen molar-refractivity contribution in [2.45, 2.75) is 17.4 Å². The Hall–Kier alpha value is -3.11. The molecule has 0 unspecified atom stereocenters. The van der Waals surface area contributed by atoms with Crippen molar-refractivity contribution in [3.05, 3.63) is 54.1 Å². The fraction of sp³-hybridized carbons (Fsp3) is 0.263. The number of carbonyl (C=O) groups is 2. The standard InChI is InChI=1S/C19H20N2O7S/c20-19(23)18(13-5-2-1-3-6-13)28-17(22)12-21-29(24,25)14-7-8-15-16(11-14)27-10-4-9-26-15/h1-3,5-8,11,18,21H,4,9-10,12H2,(H2,20,23)/t18-/m0/s1. The second-order valence-corrected chi connectivity index (χ2v) is 7.93. The van der Waals surface area contributed by atoms with Crippen molar-refractivity contribution in [2.24, 2.45) is 5.73 Å². The van der Waals surface area contributed by atoms with Crippen molar-refractivity contribution in [3.63, 3.8) is 0 Å². The van der Waals surface area contributed by atoms with Gasteiger partial charge < -0.3 is 19.9 Å². The van der Waals surface area contributed by atoms with Crippen molar-refractivity contribution in [3.8, 4) is 11.5 Å². The van der Waals surface area contributed by atoms with E-state index in [-0.39, 0.29) is 4.90 Å². The summed E-state index contributed by atoms with van der Waals surface area (Å²) in [5.74, 6) is -1.05. The summed E-state index contributed by atoms with van der Waals surface area (Å²) in [4.78, 5) is 23.6. The van der Waals surface area contributed by atoms with Gasteiger partial charge in [-0.3, -0.25) is 9.59 Å². The van der Waals surface area contributed by atoms with Crippen molar-refractivity contribution >= 4 is 21.9 Å². The van der Waals surface area contributed by atoms with Crippen LogP contribution in [0.4, 0.5) is 0 Å². The van der Waals surface area contributed by atoms with Crippen LogP contribution in [-0.4, -0.2) is 40.1 Å². The molecule has 0 aliphatic carbocycles. The molecular weight excluding hydrogens is 400 g/mol. The van der Waals surface area contributed by atoms with Gasteiger partial charge in [-0.2, -0.15) is 4.72 Å². The molecule has 2 aromatic carbocycles. The predicted molar refractivity (Wildman–Crippen MR) is 102 cm³/mol. The van der Waals surface area contributed by atoms with Crippen LogP contribution in [0.2, 0.25) is 0 Å². The van der Waals surface area contributed by atoms with Gasteiger partial charge in [-0.05, 0) is 12.1 Å². The number of nitrogens with two attached hydrogens (primary N) is 1. The first-order valence-electron chi connectivity index (χ1n) is 8.80. The Morgan fingerprint density at radius 1 is 1.07 bits per heavy atom. The normalized spacial score (nSPS) is 14.5. The maximum Gasteiger partial charge on any atom is 0.322 e. The van der Waals surface area contributed by atoms with Crippen LogP contribution in [0.5, 0.6) is 11.5 Å². The smallest absolute Gasteiger partial charge is 0.322 e. The molecule has 3 rings (SSSR count). The summed E-state index contributed by atoms with van der Waals surface area (Å²) in [7, 11) is -4.02. The number of hydrogen-bond donors (Lipinski definition) is 2. The molecule has 0 aromatic heterocycles. The van der Waals surface area contributed by atoms with Gasteiger partial charge in [0.2, 0.25) is 16.1 Å². The predicted octanol–water partition coefficient (Wildman–Crippen LogP) is 0.896. The number of benzene rings is 2. The van der Waals surface area contributed by atoms with E-state index in [1.54, 1.807) is 30.3 Å². The van der Waals surface area contributed by atoms with Crippen molar-refractivity contribution in [1.29, 1.82) is 0 Å². The maximum atomic E-state index is 12.5. The topological polar surface area (TPSA) is 134 Å². The highest BCUT2D eigenvalue weighted by atomic mass is 32.2. The van der Waals surface area contributed by atoms with Crippen LogP contribution in [0.1, 0.15) is 18.1 Å². The Balaban J connectivity index is 1.66. The Labute approximate surface area is 167 Å². The van der Waals surface area contributed by atoms with Crippen molar-refractivity contribution < 1.29 is 32.2 Å². The lowest BCUT2D eigenvalue weighted by atomic mass is 10.1. The third-order valence-corrected chi connectivity index (χ3v) is 5.44. The monoisotopic (exact) mass is 420 g/mol. The summed E-state index contributed by atoms with van der Waals surface area (Å²) in [6.07, 6.45) is -0.630. The third-order valence-electron chi connectivity index (χ3n) is 4.05. The second-order valence-electron chi connectivity index (χ2n) is 6.17. The third kappa shape index (κ3) is 5.24. The highest BCUT2D eigenvalue weighted by Gasteiger charge is 2.24. The van der Waals surface area contributed by atoms with E-state index in [0.29, 0.717) is 36.7 Å². The van der Waals surface area contributed by atoms with Crippen molar-refractivity contribution in [2.75, 3.05) is 19.8 Å². The summed E-state index contributed by atoms with van der Waals surface area (Å²) < 4.78 is 43.1.